The molecule has 3 rings (SSSR count). The molecule has 2 aromatic rings. The number of aryl methyl sites for hydroxylation is 1. The van der Waals surface area contributed by atoms with Crippen LogP contribution in [-0.4, -0.2) is 51.9 Å². The lowest BCUT2D eigenvalue weighted by Crippen LogP contribution is -2.43. The number of nitrogens with zero attached hydrogens (tertiary/aromatic N) is 4. The van der Waals surface area contributed by atoms with E-state index in [0.29, 0.717) is 49.6 Å². The maximum absolute atomic E-state index is 13.0. The number of likely N-dealkylation sites (tertiary alicyclic amines) is 1. The third-order valence-electron chi connectivity index (χ3n) is 4.80. The molecule has 0 spiro atoms. The predicted molar refractivity (Wildman–Crippen MR) is 95.2 cm³/mol. The fourth-order valence-electron chi connectivity index (χ4n) is 3.20. The van der Waals surface area contributed by atoms with Crippen LogP contribution in [0.15, 0.2) is 28.8 Å². The second-order valence-electron chi connectivity index (χ2n) is 6.73. The van der Waals surface area contributed by atoms with Crippen LogP contribution in [0, 0.1) is 11.7 Å². The summed E-state index contributed by atoms with van der Waals surface area (Å²) < 4.78 is 18.1. The van der Waals surface area contributed by atoms with Gasteiger partial charge in [0.05, 0.1) is 6.54 Å². The molecule has 0 unspecified atom stereocenters. The van der Waals surface area contributed by atoms with Crippen molar-refractivity contribution in [3.63, 3.8) is 0 Å². The monoisotopic (exact) mass is 374 g/mol. The van der Waals surface area contributed by atoms with E-state index in [9.17, 15) is 14.0 Å². The summed E-state index contributed by atoms with van der Waals surface area (Å²) in [4.78, 5) is 32.7. The van der Waals surface area contributed by atoms with Gasteiger partial charge in [-0.25, -0.2) is 4.39 Å². The summed E-state index contributed by atoms with van der Waals surface area (Å²) in [5.41, 5.74) is 0.460. The summed E-state index contributed by atoms with van der Waals surface area (Å²) in [5, 5.41) is 3.83. The first-order valence-corrected chi connectivity index (χ1v) is 9.09. The summed E-state index contributed by atoms with van der Waals surface area (Å²) >= 11 is 0. The number of piperidine rings is 1. The molecule has 144 valence electrons. The smallest absolute Gasteiger partial charge is 0.253 e. The van der Waals surface area contributed by atoms with E-state index in [4.69, 9.17) is 4.52 Å². The number of carbonyl (C=O) groups is 2. The molecule has 0 bridgehead atoms. The Morgan fingerprint density at radius 1 is 1.26 bits per heavy atom. The lowest BCUT2D eigenvalue weighted by Gasteiger charge is -2.33. The van der Waals surface area contributed by atoms with E-state index < -0.39 is 0 Å². The largest absolute Gasteiger partial charge is 0.339 e. The highest BCUT2D eigenvalue weighted by molar-refractivity contribution is 5.94. The standard InChI is InChI=1S/C19H23FN4O3/c1-3-16-21-17(27-22-16)12-23(2)18(25)14-8-10-24(11-9-14)19(26)13-4-6-15(20)7-5-13/h4-7,14H,3,8-12H2,1-2H3. The van der Waals surface area contributed by atoms with Gasteiger partial charge >= 0.3 is 0 Å². The minimum Gasteiger partial charge on any atom is -0.339 e. The summed E-state index contributed by atoms with van der Waals surface area (Å²) in [6.45, 7) is 3.22. The average Bonchev–Trinajstić information content (AvgIpc) is 3.15. The van der Waals surface area contributed by atoms with Crippen molar-refractivity contribution in [3.8, 4) is 0 Å². The van der Waals surface area contributed by atoms with Gasteiger partial charge in [0.2, 0.25) is 11.8 Å². The molecular weight excluding hydrogens is 351 g/mol. The van der Waals surface area contributed by atoms with Crippen molar-refractivity contribution in [2.24, 2.45) is 5.92 Å². The van der Waals surface area contributed by atoms with E-state index in [1.807, 2.05) is 6.92 Å². The molecule has 0 N–H and O–H groups in total. The normalized spacial score (nSPS) is 15.0. The molecular formula is C19H23FN4O3. The first kappa shape index (κ1) is 19.0. The SMILES string of the molecule is CCc1noc(CN(C)C(=O)C2CCN(C(=O)c3ccc(F)cc3)CC2)n1. The molecule has 27 heavy (non-hydrogen) atoms. The molecule has 1 aromatic heterocycles. The van der Waals surface area contributed by atoms with Gasteiger partial charge < -0.3 is 14.3 Å². The van der Waals surface area contributed by atoms with Gasteiger partial charge in [0, 0.05) is 38.0 Å². The number of hydrogen-bond acceptors (Lipinski definition) is 5. The highest BCUT2D eigenvalue weighted by atomic mass is 19.1. The topological polar surface area (TPSA) is 79.5 Å². The second-order valence-corrected chi connectivity index (χ2v) is 6.73. The summed E-state index contributed by atoms with van der Waals surface area (Å²) in [6.07, 6.45) is 1.88. The number of rotatable bonds is 5. The van der Waals surface area contributed by atoms with Crippen LogP contribution in [0.25, 0.3) is 0 Å². The molecule has 8 heteroatoms. The molecule has 0 atom stereocenters. The maximum atomic E-state index is 13.0. The van der Waals surface area contributed by atoms with Crippen LogP contribution < -0.4 is 0 Å². The van der Waals surface area contributed by atoms with E-state index in [2.05, 4.69) is 10.1 Å². The lowest BCUT2D eigenvalue weighted by atomic mass is 9.95. The summed E-state index contributed by atoms with van der Waals surface area (Å²) in [7, 11) is 1.72. The number of halogens is 1. The Kier molecular flexibility index (Phi) is 5.83. The van der Waals surface area contributed by atoms with Crippen molar-refractivity contribution in [1.29, 1.82) is 0 Å². The highest BCUT2D eigenvalue weighted by Crippen LogP contribution is 2.21. The van der Waals surface area contributed by atoms with Crippen LogP contribution in [0.5, 0.6) is 0 Å². The van der Waals surface area contributed by atoms with Crippen LogP contribution >= 0.6 is 0 Å². The molecule has 2 amide bonds. The van der Waals surface area contributed by atoms with Crippen LogP contribution in [-0.2, 0) is 17.8 Å². The van der Waals surface area contributed by atoms with Gasteiger partial charge in [0.25, 0.3) is 5.91 Å². The molecule has 1 aromatic carbocycles. The third kappa shape index (κ3) is 4.50. The maximum Gasteiger partial charge on any atom is 0.253 e. The zero-order valence-corrected chi connectivity index (χ0v) is 15.5. The Hall–Kier alpha value is -2.77. The van der Waals surface area contributed by atoms with Gasteiger partial charge in [-0.05, 0) is 37.1 Å². The highest BCUT2D eigenvalue weighted by Gasteiger charge is 2.30. The molecule has 1 aliphatic heterocycles. The second kappa shape index (κ2) is 8.28. The van der Waals surface area contributed by atoms with E-state index in [-0.39, 0.29) is 30.1 Å². The van der Waals surface area contributed by atoms with Crippen molar-refractivity contribution in [1.82, 2.24) is 19.9 Å². The van der Waals surface area contributed by atoms with Gasteiger partial charge in [-0.1, -0.05) is 12.1 Å². The van der Waals surface area contributed by atoms with Crippen LogP contribution in [0.1, 0.15) is 41.8 Å². The Labute approximate surface area is 157 Å². The zero-order chi connectivity index (χ0) is 19.4. The van der Waals surface area contributed by atoms with Crippen molar-refractivity contribution in [2.75, 3.05) is 20.1 Å². The number of benzene rings is 1. The van der Waals surface area contributed by atoms with Crippen molar-refractivity contribution in [2.45, 2.75) is 32.7 Å². The first-order chi connectivity index (χ1) is 13.0. The molecule has 7 nitrogen and oxygen atoms in total. The molecule has 1 aliphatic rings. The number of aromatic nitrogens is 2. The molecule has 0 radical (unpaired) electrons. The Balaban J connectivity index is 1.52. The molecule has 1 fully saturated rings. The Bertz CT molecular complexity index is 798. The summed E-state index contributed by atoms with van der Waals surface area (Å²) in [6, 6.07) is 5.52. The lowest BCUT2D eigenvalue weighted by molar-refractivity contribution is -0.136. The van der Waals surface area contributed by atoms with E-state index in [1.165, 1.54) is 24.3 Å². The van der Waals surface area contributed by atoms with Crippen LogP contribution in [0.2, 0.25) is 0 Å². The zero-order valence-electron chi connectivity index (χ0n) is 15.5. The number of hydrogen-bond donors (Lipinski definition) is 0. The summed E-state index contributed by atoms with van der Waals surface area (Å²) in [5.74, 6) is 0.421. The quantitative estimate of drug-likeness (QED) is 0.802. The van der Waals surface area contributed by atoms with E-state index >= 15 is 0 Å². The minimum absolute atomic E-state index is 0.0140. The molecule has 2 heterocycles. The van der Waals surface area contributed by atoms with Crippen molar-refractivity contribution >= 4 is 11.8 Å². The van der Waals surface area contributed by atoms with Gasteiger partial charge in [-0.2, -0.15) is 4.98 Å². The van der Waals surface area contributed by atoms with Crippen LogP contribution in [0.3, 0.4) is 0 Å². The fraction of sp³-hybridized carbons (Fsp3) is 0.474. The first-order valence-electron chi connectivity index (χ1n) is 9.09. The number of carbonyl (C=O) groups excluding carboxylic acids is 2. The number of amides is 2. The van der Waals surface area contributed by atoms with Crippen molar-refractivity contribution < 1.29 is 18.5 Å². The molecule has 0 aliphatic carbocycles. The third-order valence-corrected chi connectivity index (χ3v) is 4.80. The Morgan fingerprint density at radius 2 is 1.93 bits per heavy atom. The van der Waals surface area contributed by atoms with Gasteiger partial charge in [-0.15, -0.1) is 0 Å². The minimum atomic E-state index is -0.369. The van der Waals surface area contributed by atoms with Gasteiger partial charge in [0.1, 0.15) is 5.82 Å². The van der Waals surface area contributed by atoms with Gasteiger partial charge in [0.15, 0.2) is 5.82 Å². The van der Waals surface area contributed by atoms with Gasteiger partial charge in [-0.3, -0.25) is 9.59 Å². The van der Waals surface area contributed by atoms with E-state index in [0.717, 1.165) is 0 Å². The predicted octanol–water partition coefficient (Wildman–Crippen LogP) is 2.28. The Morgan fingerprint density at radius 3 is 2.52 bits per heavy atom. The van der Waals surface area contributed by atoms with E-state index in [1.54, 1.807) is 16.8 Å². The fourth-order valence-corrected chi connectivity index (χ4v) is 3.20. The average molecular weight is 374 g/mol. The van der Waals surface area contributed by atoms with Crippen molar-refractivity contribution in [3.05, 3.63) is 47.4 Å². The van der Waals surface area contributed by atoms with Crippen LogP contribution in [0.4, 0.5) is 4.39 Å². The molecule has 1 saturated heterocycles. The molecule has 0 saturated carbocycles.